The number of nitrogens with one attached hydrogen (secondary N) is 2. The largest absolute Gasteiger partial charge is 0.366 e. The molecule has 1 aromatic carbocycles. The van der Waals surface area contributed by atoms with E-state index in [1.165, 1.54) is 29.5 Å². The van der Waals surface area contributed by atoms with Crippen LogP contribution < -0.4 is 10.9 Å². The van der Waals surface area contributed by atoms with E-state index in [2.05, 4.69) is 55.4 Å². The van der Waals surface area contributed by atoms with E-state index < -0.39 is 4.92 Å². The van der Waals surface area contributed by atoms with Gasteiger partial charge in [-0.25, -0.2) is 15.0 Å². The van der Waals surface area contributed by atoms with Crippen molar-refractivity contribution < 1.29 is 4.92 Å². The van der Waals surface area contributed by atoms with Gasteiger partial charge in [0.1, 0.15) is 12.0 Å². The number of nitro groups is 1. The molecule has 0 atom stereocenters. The summed E-state index contributed by atoms with van der Waals surface area (Å²) in [4.78, 5) is 29.8. The fraction of sp³-hybridized carbons (Fsp3) is 0.158. The van der Waals surface area contributed by atoms with E-state index in [0.29, 0.717) is 30.3 Å². The third-order valence-corrected chi connectivity index (χ3v) is 3.73. The first-order chi connectivity index (χ1) is 13.6. The second kappa shape index (κ2) is 9.17. The maximum absolute atomic E-state index is 10.6. The lowest BCUT2D eigenvalue weighted by Crippen LogP contribution is -2.15. The maximum atomic E-state index is 10.6. The van der Waals surface area contributed by atoms with Crippen molar-refractivity contribution >= 4 is 23.5 Å². The van der Waals surface area contributed by atoms with Crippen molar-refractivity contribution in [2.45, 2.75) is 13.5 Å². The van der Waals surface area contributed by atoms with Crippen LogP contribution >= 0.6 is 0 Å². The molecule has 9 nitrogen and oxygen atoms in total. The molecule has 0 amide bonds. The number of H-pyrrole nitrogens is 1. The van der Waals surface area contributed by atoms with Gasteiger partial charge in [0.25, 0.3) is 5.69 Å². The number of aromatic nitrogens is 3. The van der Waals surface area contributed by atoms with E-state index >= 15 is 0 Å². The Labute approximate surface area is 161 Å². The minimum atomic E-state index is -0.503. The maximum Gasteiger partial charge on any atom is 0.287 e. The Bertz CT molecular complexity index is 1040. The normalized spacial score (nSPS) is 11.7. The van der Waals surface area contributed by atoms with Crippen molar-refractivity contribution in [3.63, 3.8) is 0 Å². The summed E-state index contributed by atoms with van der Waals surface area (Å²) in [6.07, 6.45) is 4.50. The number of aromatic amines is 1. The van der Waals surface area contributed by atoms with Gasteiger partial charge in [-0.2, -0.15) is 4.98 Å². The highest BCUT2D eigenvalue weighted by atomic mass is 16.6. The van der Waals surface area contributed by atoms with Crippen molar-refractivity contribution in [3.8, 4) is 0 Å². The minimum absolute atomic E-state index is 0.0718. The second-order valence-corrected chi connectivity index (χ2v) is 5.92. The highest BCUT2D eigenvalue weighted by Crippen LogP contribution is 2.13. The third-order valence-electron chi connectivity index (χ3n) is 3.73. The average molecular weight is 377 g/mol. The molecule has 28 heavy (non-hydrogen) atoms. The van der Waals surface area contributed by atoms with E-state index in [-0.39, 0.29) is 5.69 Å². The van der Waals surface area contributed by atoms with Gasteiger partial charge in [0.2, 0.25) is 5.62 Å². The van der Waals surface area contributed by atoms with Crippen LogP contribution in [0.4, 0.5) is 17.3 Å². The summed E-state index contributed by atoms with van der Waals surface area (Å²) >= 11 is 0. The molecule has 0 unspecified atom stereocenters. The van der Waals surface area contributed by atoms with Crippen molar-refractivity contribution in [1.82, 2.24) is 15.0 Å². The predicted octanol–water partition coefficient (Wildman–Crippen LogP) is 2.94. The topological polar surface area (TPSA) is 121 Å². The van der Waals surface area contributed by atoms with Crippen LogP contribution in [0.25, 0.3) is 0 Å². The van der Waals surface area contributed by atoms with Crippen molar-refractivity contribution in [1.29, 1.82) is 0 Å². The Hall–Kier alpha value is -3.88. The van der Waals surface area contributed by atoms with Gasteiger partial charge < -0.3 is 10.3 Å². The summed E-state index contributed by atoms with van der Waals surface area (Å²) in [7, 11) is 0. The highest BCUT2D eigenvalue weighted by molar-refractivity contribution is 5.64. The van der Waals surface area contributed by atoms with Gasteiger partial charge in [-0.3, -0.25) is 10.1 Å². The molecule has 0 aliphatic heterocycles. The predicted molar refractivity (Wildman–Crippen MR) is 107 cm³/mol. The van der Waals surface area contributed by atoms with Crippen LogP contribution in [0.2, 0.25) is 0 Å². The van der Waals surface area contributed by atoms with Gasteiger partial charge in [-0.05, 0) is 24.6 Å². The van der Waals surface area contributed by atoms with E-state index in [4.69, 9.17) is 0 Å². The number of hydrogen-bond donors (Lipinski definition) is 2. The third kappa shape index (κ3) is 5.56. The zero-order valence-corrected chi connectivity index (χ0v) is 15.2. The van der Waals surface area contributed by atoms with Crippen LogP contribution in [0, 0.1) is 17.0 Å². The van der Waals surface area contributed by atoms with Crippen LogP contribution in [0.15, 0.2) is 64.8 Å². The summed E-state index contributed by atoms with van der Waals surface area (Å²) in [6.45, 7) is 3.03. The molecule has 0 fully saturated rings. The molecule has 0 saturated heterocycles. The van der Waals surface area contributed by atoms with Gasteiger partial charge >= 0.3 is 0 Å². The van der Waals surface area contributed by atoms with Crippen molar-refractivity contribution in [3.05, 3.63) is 81.7 Å². The van der Waals surface area contributed by atoms with Crippen LogP contribution in [-0.4, -0.2) is 32.6 Å². The quantitative estimate of drug-likeness (QED) is 0.372. The Morgan fingerprint density at radius 1 is 1.29 bits per heavy atom. The molecule has 0 bridgehead atoms. The van der Waals surface area contributed by atoms with Crippen LogP contribution in [0.5, 0.6) is 0 Å². The summed E-state index contributed by atoms with van der Waals surface area (Å²) < 4.78 is 0. The molecular formula is C19H19N7O2. The summed E-state index contributed by atoms with van der Waals surface area (Å²) in [6, 6.07) is 12.9. The molecule has 2 aromatic heterocycles. The second-order valence-electron chi connectivity index (χ2n) is 5.92. The molecule has 2 heterocycles. The zero-order valence-electron chi connectivity index (χ0n) is 15.2. The molecule has 0 spiro atoms. The lowest BCUT2D eigenvalue weighted by atomic mass is 10.1. The number of aliphatic imine (C=N–C) groups is 1. The van der Waals surface area contributed by atoms with E-state index in [1.807, 2.05) is 12.1 Å². The fourth-order valence-electron chi connectivity index (χ4n) is 2.40. The lowest BCUT2D eigenvalue weighted by molar-refractivity contribution is -0.385. The van der Waals surface area contributed by atoms with Gasteiger partial charge in [0, 0.05) is 25.0 Å². The molecular weight excluding hydrogens is 358 g/mol. The Kier molecular flexibility index (Phi) is 6.19. The molecule has 3 rings (SSSR count). The SMILES string of the molecule is Cc1cccc(CNc2cc[nH]c(=NCC=Nc3ccc([N+](=O)[O-])cn3)n2)c1. The number of nitrogens with zero attached hydrogens (tertiary/aromatic N) is 5. The van der Waals surface area contributed by atoms with Gasteiger partial charge in [0.15, 0.2) is 5.82 Å². The van der Waals surface area contributed by atoms with E-state index in [0.717, 1.165) is 0 Å². The Balaban J connectivity index is 1.58. The number of rotatable bonds is 7. The van der Waals surface area contributed by atoms with Crippen molar-refractivity contribution in [2.75, 3.05) is 11.9 Å². The molecule has 0 saturated carbocycles. The summed E-state index contributed by atoms with van der Waals surface area (Å²) in [5.41, 5.74) is 2.79. The smallest absolute Gasteiger partial charge is 0.287 e. The van der Waals surface area contributed by atoms with Crippen LogP contribution in [0.1, 0.15) is 11.1 Å². The van der Waals surface area contributed by atoms with E-state index in [1.54, 1.807) is 12.4 Å². The van der Waals surface area contributed by atoms with Gasteiger partial charge in [-0.1, -0.05) is 29.8 Å². The molecule has 0 aliphatic rings. The number of hydrogen-bond acceptors (Lipinski definition) is 7. The van der Waals surface area contributed by atoms with Crippen molar-refractivity contribution in [2.24, 2.45) is 9.98 Å². The standard InChI is InChI=1S/C19H19N7O2/c1-14-3-2-4-15(11-14)12-23-18-7-8-21-19(25-18)22-10-9-20-17-6-5-16(13-24-17)26(27)28/h2-9,11,13H,10,12H2,1H3,(H2,21,22,23,25). The number of anilines is 1. The fourth-order valence-corrected chi connectivity index (χ4v) is 2.40. The van der Waals surface area contributed by atoms with Gasteiger partial charge in [-0.15, -0.1) is 0 Å². The molecule has 3 aromatic rings. The molecule has 9 heteroatoms. The van der Waals surface area contributed by atoms with Gasteiger partial charge in [0.05, 0.1) is 11.5 Å². The van der Waals surface area contributed by atoms with E-state index in [9.17, 15) is 10.1 Å². The lowest BCUT2D eigenvalue weighted by Gasteiger charge is -2.06. The van der Waals surface area contributed by atoms with Crippen LogP contribution in [-0.2, 0) is 6.54 Å². The first-order valence-corrected chi connectivity index (χ1v) is 8.59. The number of pyridine rings is 1. The average Bonchev–Trinajstić information content (AvgIpc) is 2.70. The minimum Gasteiger partial charge on any atom is -0.366 e. The monoisotopic (exact) mass is 377 g/mol. The molecule has 0 aliphatic carbocycles. The number of aryl methyl sites for hydroxylation is 1. The summed E-state index contributed by atoms with van der Waals surface area (Å²) in [5.74, 6) is 1.10. The first-order valence-electron chi connectivity index (χ1n) is 8.59. The highest BCUT2D eigenvalue weighted by Gasteiger charge is 2.03. The number of benzene rings is 1. The first kappa shape index (κ1) is 18.9. The zero-order chi connectivity index (χ0) is 19.8. The Morgan fingerprint density at radius 3 is 2.93 bits per heavy atom. The Morgan fingerprint density at radius 2 is 2.18 bits per heavy atom. The molecule has 142 valence electrons. The van der Waals surface area contributed by atoms with Crippen LogP contribution in [0.3, 0.4) is 0 Å². The summed E-state index contributed by atoms with van der Waals surface area (Å²) in [5, 5.41) is 13.9. The molecule has 0 radical (unpaired) electrons. The molecule has 2 N–H and O–H groups in total.